The summed E-state index contributed by atoms with van der Waals surface area (Å²) in [5, 5.41) is 6.41. The van der Waals surface area contributed by atoms with E-state index in [-0.39, 0.29) is 17.9 Å². The average Bonchev–Trinajstić information content (AvgIpc) is 2.56. The van der Waals surface area contributed by atoms with E-state index in [1.807, 2.05) is 31.2 Å². The van der Waals surface area contributed by atoms with Gasteiger partial charge in [0, 0.05) is 6.54 Å². The van der Waals surface area contributed by atoms with E-state index in [1.165, 1.54) is 0 Å². The molecule has 0 saturated carbocycles. The van der Waals surface area contributed by atoms with Crippen molar-refractivity contribution in [3.05, 3.63) is 29.8 Å². The molecule has 0 aliphatic carbocycles. The molecule has 1 aliphatic heterocycles. The molecule has 2 atom stereocenters. The van der Waals surface area contributed by atoms with Gasteiger partial charge < -0.3 is 15.4 Å². The Bertz CT molecular complexity index is 479. The topological polar surface area (TPSA) is 50.4 Å². The number of nitrogens with one attached hydrogen (secondary N) is 2. The van der Waals surface area contributed by atoms with Gasteiger partial charge in [-0.05, 0) is 56.3 Å². The zero-order valence-corrected chi connectivity index (χ0v) is 14.6. The van der Waals surface area contributed by atoms with Crippen molar-refractivity contribution in [3.63, 3.8) is 0 Å². The Morgan fingerprint density at radius 2 is 2.04 bits per heavy atom. The van der Waals surface area contributed by atoms with Gasteiger partial charge in [0.25, 0.3) is 0 Å². The second-order valence-electron chi connectivity index (χ2n) is 6.87. The van der Waals surface area contributed by atoms with Crippen molar-refractivity contribution in [2.24, 2.45) is 11.8 Å². The summed E-state index contributed by atoms with van der Waals surface area (Å²) >= 11 is 0. The van der Waals surface area contributed by atoms with E-state index >= 15 is 0 Å². The zero-order chi connectivity index (χ0) is 16.7. The number of carbonyl (C=O) groups is 1. The molecular weight excluding hydrogens is 288 g/mol. The van der Waals surface area contributed by atoms with Gasteiger partial charge in [-0.3, -0.25) is 4.79 Å². The lowest BCUT2D eigenvalue weighted by Crippen LogP contribution is -2.41. The third-order valence-corrected chi connectivity index (χ3v) is 4.37. The van der Waals surface area contributed by atoms with Crippen molar-refractivity contribution in [1.29, 1.82) is 0 Å². The number of carbonyl (C=O) groups excluding carboxylic acids is 1. The van der Waals surface area contributed by atoms with Crippen molar-refractivity contribution < 1.29 is 9.53 Å². The van der Waals surface area contributed by atoms with Crippen LogP contribution in [0, 0.1) is 11.8 Å². The van der Waals surface area contributed by atoms with Gasteiger partial charge in [-0.15, -0.1) is 0 Å². The van der Waals surface area contributed by atoms with Crippen LogP contribution in [0.15, 0.2) is 24.3 Å². The lowest BCUT2D eigenvalue weighted by Gasteiger charge is -2.24. The summed E-state index contributed by atoms with van der Waals surface area (Å²) < 4.78 is 5.73. The smallest absolute Gasteiger partial charge is 0.224 e. The summed E-state index contributed by atoms with van der Waals surface area (Å²) in [7, 11) is 0. The highest BCUT2D eigenvalue weighted by atomic mass is 16.5. The van der Waals surface area contributed by atoms with Crippen LogP contribution in [0.2, 0.25) is 0 Å². The minimum absolute atomic E-state index is 0.0224. The predicted octanol–water partition coefficient (Wildman–Crippen LogP) is 3.29. The minimum atomic E-state index is 0.0224. The van der Waals surface area contributed by atoms with E-state index in [0.29, 0.717) is 5.92 Å². The Morgan fingerprint density at radius 3 is 2.65 bits per heavy atom. The Balaban J connectivity index is 1.82. The van der Waals surface area contributed by atoms with E-state index < -0.39 is 0 Å². The molecule has 1 heterocycles. The number of hydrogen-bond donors (Lipinski definition) is 2. The monoisotopic (exact) mass is 318 g/mol. The second kappa shape index (κ2) is 8.92. The maximum Gasteiger partial charge on any atom is 0.224 e. The predicted molar refractivity (Wildman–Crippen MR) is 93.5 cm³/mol. The van der Waals surface area contributed by atoms with Crippen molar-refractivity contribution in [3.8, 4) is 5.75 Å². The molecule has 1 aromatic rings. The van der Waals surface area contributed by atoms with Crippen LogP contribution in [-0.4, -0.2) is 25.6 Å². The van der Waals surface area contributed by atoms with E-state index in [1.54, 1.807) is 0 Å². The molecule has 0 bridgehead atoms. The van der Waals surface area contributed by atoms with E-state index in [9.17, 15) is 4.79 Å². The quantitative estimate of drug-likeness (QED) is 0.811. The van der Waals surface area contributed by atoms with Crippen LogP contribution in [0.1, 0.15) is 51.6 Å². The third-order valence-electron chi connectivity index (χ3n) is 4.37. The number of amides is 1. The molecule has 2 N–H and O–H groups in total. The largest absolute Gasteiger partial charge is 0.494 e. The van der Waals surface area contributed by atoms with Gasteiger partial charge in [-0.1, -0.05) is 26.0 Å². The molecule has 1 amide bonds. The normalized spacial score (nSPS) is 19.4. The molecular formula is C19H30N2O2. The Labute approximate surface area is 140 Å². The number of hydrogen-bond acceptors (Lipinski definition) is 3. The fourth-order valence-electron chi connectivity index (χ4n) is 2.76. The van der Waals surface area contributed by atoms with Gasteiger partial charge in [-0.2, -0.15) is 0 Å². The first-order chi connectivity index (χ1) is 11.1. The summed E-state index contributed by atoms with van der Waals surface area (Å²) in [4.78, 5) is 12.3. The SMILES string of the molecule is CC(C)CCOc1ccc(C(C)NC(=O)C2CCCNC2)cc1. The van der Waals surface area contributed by atoms with Crippen LogP contribution in [0.5, 0.6) is 5.75 Å². The highest BCUT2D eigenvalue weighted by Gasteiger charge is 2.22. The maximum atomic E-state index is 12.3. The minimum Gasteiger partial charge on any atom is -0.494 e. The number of rotatable bonds is 7. The molecule has 4 nitrogen and oxygen atoms in total. The molecule has 0 radical (unpaired) electrons. The number of benzene rings is 1. The summed E-state index contributed by atoms with van der Waals surface area (Å²) in [6, 6.07) is 8.07. The van der Waals surface area contributed by atoms with Crippen LogP contribution < -0.4 is 15.4 Å². The van der Waals surface area contributed by atoms with E-state index in [0.717, 1.165) is 50.3 Å². The molecule has 4 heteroatoms. The highest BCUT2D eigenvalue weighted by molar-refractivity contribution is 5.79. The molecule has 1 fully saturated rings. The molecule has 1 saturated heterocycles. The molecule has 2 rings (SSSR count). The summed E-state index contributed by atoms with van der Waals surface area (Å²) in [6.07, 6.45) is 3.12. The summed E-state index contributed by atoms with van der Waals surface area (Å²) in [5.41, 5.74) is 1.11. The second-order valence-corrected chi connectivity index (χ2v) is 6.87. The van der Waals surface area contributed by atoms with Gasteiger partial charge in [0.05, 0.1) is 18.6 Å². The molecule has 0 spiro atoms. The van der Waals surface area contributed by atoms with Crippen molar-refractivity contribution in [2.45, 2.75) is 46.1 Å². The molecule has 128 valence electrons. The first-order valence-corrected chi connectivity index (χ1v) is 8.80. The standard InChI is InChI=1S/C19H30N2O2/c1-14(2)10-12-23-18-8-6-16(7-9-18)15(3)21-19(22)17-5-4-11-20-13-17/h6-9,14-15,17,20H,4-5,10-13H2,1-3H3,(H,21,22). The van der Waals surface area contributed by atoms with Gasteiger partial charge in [0.2, 0.25) is 5.91 Å². The third kappa shape index (κ3) is 5.87. The molecule has 23 heavy (non-hydrogen) atoms. The van der Waals surface area contributed by atoms with Crippen molar-refractivity contribution in [1.82, 2.24) is 10.6 Å². The lowest BCUT2D eigenvalue weighted by molar-refractivity contribution is -0.126. The zero-order valence-electron chi connectivity index (χ0n) is 14.6. The van der Waals surface area contributed by atoms with Gasteiger partial charge in [0.1, 0.15) is 5.75 Å². The van der Waals surface area contributed by atoms with Crippen LogP contribution in [0.4, 0.5) is 0 Å². The van der Waals surface area contributed by atoms with Crippen LogP contribution in [0.3, 0.4) is 0 Å². The van der Waals surface area contributed by atoms with E-state index in [4.69, 9.17) is 4.74 Å². The summed E-state index contributed by atoms with van der Waals surface area (Å²) in [5.74, 6) is 1.80. The summed E-state index contributed by atoms with van der Waals surface area (Å²) in [6.45, 7) is 8.98. The fraction of sp³-hybridized carbons (Fsp3) is 0.632. The molecule has 2 unspecified atom stereocenters. The first kappa shape index (κ1) is 17.8. The number of ether oxygens (including phenoxy) is 1. The molecule has 1 aromatic carbocycles. The Kier molecular flexibility index (Phi) is 6.90. The van der Waals surface area contributed by atoms with Crippen LogP contribution >= 0.6 is 0 Å². The van der Waals surface area contributed by atoms with E-state index in [2.05, 4.69) is 24.5 Å². The average molecular weight is 318 g/mol. The van der Waals surface area contributed by atoms with Crippen molar-refractivity contribution in [2.75, 3.05) is 19.7 Å². The Morgan fingerprint density at radius 1 is 1.30 bits per heavy atom. The van der Waals surface area contributed by atoms with Gasteiger partial charge >= 0.3 is 0 Å². The first-order valence-electron chi connectivity index (χ1n) is 8.80. The molecule has 1 aliphatic rings. The van der Waals surface area contributed by atoms with Gasteiger partial charge in [0.15, 0.2) is 0 Å². The fourth-order valence-corrected chi connectivity index (χ4v) is 2.76. The lowest BCUT2D eigenvalue weighted by atomic mass is 9.98. The highest BCUT2D eigenvalue weighted by Crippen LogP contribution is 2.19. The van der Waals surface area contributed by atoms with Crippen molar-refractivity contribution >= 4 is 5.91 Å². The number of piperidine rings is 1. The van der Waals surface area contributed by atoms with Crippen LogP contribution in [0.25, 0.3) is 0 Å². The Hall–Kier alpha value is -1.55. The van der Waals surface area contributed by atoms with Crippen LogP contribution in [-0.2, 0) is 4.79 Å². The van der Waals surface area contributed by atoms with Gasteiger partial charge in [-0.25, -0.2) is 0 Å². The molecule has 0 aromatic heterocycles. The maximum absolute atomic E-state index is 12.3.